The number of unbranched alkanes of at least 4 members (excludes halogenated alkanes) is 9. The average Bonchev–Trinajstić information content (AvgIpc) is 2.38. The lowest BCUT2D eigenvalue weighted by molar-refractivity contribution is 0.577. The molecule has 0 heterocycles. The van der Waals surface area contributed by atoms with Gasteiger partial charge in [-0.2, -0.15) is 0 Å². The molecular weight excluding hydrogens is 256 g/mol. The topological polar surface area (TPSA) is 0 Å². The van der Waals surface area contributed by atoms with Crippen LogP contribution < -0.4 is 0 Å². The molecule has 0 spiro atoms. The summed E-state index contributed by atoms with van der Waals surface area (Å²) in [6, 6.07) is 0. The first-order valence-electron chi connectivity index (χ1n) is 8.71. The molecule has 0 saturated heterocycles. The molecule has 0 aromatic rings. The maximum Gasteiger partial charge on any atom is 0.129 e. The zero-order chi connectivity index (χ0) is 15.1. The zero-order valence-corrected chi connectivity index (χ0v) is 15.4. The van der Waals surface area contributed by atoms with E-state index in [1.165, 1.54) is 57.8 Å². The van der Waals surface area contributed by atoms with Crippen LogP contribution in [-0.2, 0) is 0 Å². The van der Waals surface area contributed by atoms with Crippen LogP contribution >= 0.6 is 0 Å². The van der Waals surface area contributed by atoms with E-state index in [-0.39, 0.29) is 0 Å². The summed E-state index contributed by atoms with van der Waals surface area (Å²) in [5.74, 6) is 3.32. The van der Waals surface area contributed by atoms with Crippen LogP contribution in [0.4, 0.5) is 0 Å². The van der Waals surface area contributed by atoms with Crippen molar-refractivity contribution in [1.82, 2.24) is 0 Å². The quantitative estimate of drug-likeness (QED) is 0.171. The molecule has 1 heteroatoms. The van der Waals surface area contributed by atoms with Gasteiger partial charge in [0.05, 0.1) is 0 Å². The van der Waals surface area contributed by atoms with Gasteiger partial charge in [0.25, 0.3) is 0 Å². The summed E-state index contributed by atoms with van der Waals surface area (Å²) >= 11 is 0. The van der Waals surface area contributed by atoms with Crippen molar-refractivity contribution in [3.8, 4) is 11.5 Å². The molecule has 20 heavy (non-hydrogen) atoms. The Morgan fingerprint density at radius 3 is 1.90 bits per heavy atom. The summed E-state index contributed by atoms with van der Waals surface area (Å²) in [6.45, 7) is 9.19. The fourth-order valence-electron chi connectivity index (χ4n) is 2.11. The molecule has 0 aliphatic carbocycles. The van der Waals surface area contributed by atoms with Gasteiger partial charge >= 0.3 is 0 Å². The molecule has 116 valence electrons. The first kappa shape index (κ1) is 19.5. The number of hydrogen-bond acceptors (Lipinski definition) is 0. The van der Waals surface area contributed by atoms with Crippen LogP contribution in [0.5, 0.6) is 0 Å². The molecule has 0 atom stereocenters. The molecule has 0 aliphatic rings. The van der Waals surface area contributed by atoms with Gasteiger partial charge in [-0.15, -0.1) is 11.5 Å². The van der Waals surface area contributed by atoms with E-state index in [9.17, 15) is 0 Å². The minimum Gasteiger partial charge on any atom is -0.132 e. The Hall–Kier alpha value is -0.483. The number of allylic oxidation sites excluding steroid dienone is 2. The summed E-state index contributed by atoms with van der Waals surface area (Å²) in [7, 11) is -1.15. The maximum atomic E-state index is 3.42. The Bertz CT molecular complexity index is 285. The molecule has 0 rings (SSSR count). The van der Waals surface area contributed by atoms with E-state index in [1.807, 2.05) is 0 Å². The largest absolute Gasteiger partial charge is 0.132 e. The highest BCUT2D eigenvalue weighted by atomic mass is 28.3. The van der Waals surface area contributed by atoms with Crippen molar-refractivity contribution in [2.45, 2.75) is 97.2 Å². The van der Waals surface area contributed by atoms with E-state index < -0.39 is 8.07 Å². The summed E-state index contributed by atoms with van der Waals surface area (Å²) in [6.07, 6.45) is 19.4. The van der Waals surface area contributed by atoms with E-state index in [0.717, 1.165) is 12.8 Å². The van der Waals surface area contributed by atoms with Crippen molar-refractivity contribution in [3.63, 3.8) is 0 Å². The van der Waals surface area contributed by atoms with Crippen LogP contribution in [0, 0.1) is 11.5 Å². The summed E-state index contributed by atoms with van der Waals surface area (Å²) in [5.41, 5.74) is 3.42. The second-order valence-electron chi connectivity index (χ2n) is 6.83. The van der Waals surface area contributed by atoms with Crippen LogP contribution in [0.25, 0.3) is 0 Å². The Balaban J connectivity index is 3.26. The molecule has 0 fully saturated rings. The molecule has 0 aliphatic heterocycles. The van der Waals surface area contributed by atoms with Gasteiger partial charge in [-0.1, -0.05) is 83.7 Å². The third-order valence-electron chi connectivity index (χ3n) is 3.29. The molecule has 0 saturated carbocycles. The van der Waals surface area contributed by atoms with Crippen LogP contribution in [0.15, 0.2) is 12.2 Å². The van der Waals surface area contributed by atoms with E-state index in [2.05, 4.69) is 50.2 Å². The Labute approximate surface area is 129 Å². The van der Waals surface area contributed by atoms with Crippen LogP contribution in [0.2, 0.25) is 19.6 Å². The molecule has 0 bridgehead atoms. The molecular formula is C19H36Si. The van der Waals surface area contributed by atoms with E-state index >= 15 is 0 Å². The Morgan fingerprint density at radius 2 is 1.30 bits per heavy atom. The fourth-order valence-corrected chi connectivity index (χ4v) is 2.77. The third-order valence-corrected chi connectivity index (χ3v) is 4.22. The van der Waals surface area contributed by atoms with E-state index in [1.54, 1.807) is 0 Å². The SMILES string of the molecule is CCCCCCCCCC/C=C\CCC#C[Si](C)(C)C. The lowest BCUT2D eigenvalue weighted by Gasteiger charge is -2.02. The predicted molar refractivity (Wildman–Crippen MR) is 96.7 cm³/mol. The van der Waals surface area contributed by atoms with Gasteiger partial charge in [-0.05, 0) is 19.3 Å². The van der Waals surface area contributed by atoms with Gasteiger partial charge in [0.15, 0.2) is 0 Å². The minimum absolute atomic E-state index is 1.04. The van der Waals surface area contributed by atoms with Gasteiger partial charge in [0, 0.05) is 6.42 Å². The van der Waals surface area contributed by atoms with Crippen molar-refractivity contribution in [2.24, 2.45) is 0 Å². The Kier molecular flexibility index (Phi) is 13.2. The highest BCUT2D eigenvalue weighted by Crippen LogP contribution is 2.09. The zero-order valence-electron chi connectivity index (χ0n) is 14.4. The van der Waals surface area contributed by atoms with E-state index in [0.29, 0.717) is 0 Å². The molecule has 0 radical (unpaired) electrons. The first-order chi connectivity index (χ1) is 9.56. The maximum absolute atomic E-state index is 3.42. The standard InChI is InChI=1S/C19H36Si/c1-5-6-7-8-9-10-11-12-13-14-15-16-17-18-19-20(2,3)4/h14-15H,5-13,16-17H2,1-4H3/b15-14-. The smallest absolute Gasteiger partial charge is 0.129 e. The van der Waals surface area contributed by atoms with Crippen molar-refractivity contribution >= 4 is 8.07 Å². The van der Waals surface area contributed by atoms with E-state index in [4.69, 9.17) is 0 Å². The monoisotopic (exact) mass is 292 g/mol. The van der Waals surface area contributed by atoms with Crippen LogP contribution in [-0.4, -0.2) is 8.07 Å². The molecule has 0 aromatic heterocycles. The third kappa shape index (κ3) is 17.5. The molecule has 0 aromatic carbocycles. The average molecular weight is 293 g/mol. The lowest BCUT2D eigenvalue weighted by atomic mass is 10.1. The highest BCUT2D eigenvalue weighted by molar-refractivity contribution is 6.83. The second kappa shape index (κ2) is 13.5. The van der Waals surface area contributed by atoms with Gasteiger partial charge in [-0.3, -0.25) is 0 Å². The molecule has 0 unspecified atom stereocenters. The first-order valence-corrected chi connectivity index (χ1v) is 12.2. The molecule has 0 amide bonds. The van der Waals surface area contributed by atoms with Crippen LogP contribution in [0.1, 0.15) is 77.6 Å². The van der Waals surface area contributed by atoms with Crippen molar-refractivity contribution in [3.05, 3.63) is 12.2 Å². The molecule has 0 N–H and O–H groups in total. The van der Waals surface area contributed by atoms with Gasteiger partial charge in [-0.25, -0.2) is 0 Å². The second-order valence-corrected chi connectivity index (χ2v) is 11.6. The van der Waals surface area contributed by atoms with Crippen LogP contribution in [0.3, 0.4) is 0 Å². The van der Waals surface area contributed by atoms with Crippen molar-refractivity contribution in [1.29, 1.82) is 0 Å². The molecule has 0 nitrogen and oxygen atoms in total. The van der Waals surface area contributed by atoms with Crippen molar-refractivity contribution < 1.29 is 0 Å². The predicted octanol–water partition coefficient (Wildman–Crippen LogP) is 6.73. The lowest BCUT2D eigenvalue weighted by Crippen LogP contribution is -2.16. The van der Waals surface area contributed by atoms with Gasteiger partial charge < -0.3 is 0 Å². The normalized spacial score (nSPS) is 11.6. The number of rotatable bonds is 11. The highest BCUT2D eigenvalue weighted by Gasteiger charge is 2.06. The van der Waals surface area contributed by atoms with Gasteiger partial charge in [0.1, 0.15) is 8.07 Å². The number of hydrogen-bond donors (Lipinski definition) is 0. The minimum atomic E-state index is -1.15. The summed E-state index contributed by atoms with van der Waals surface area (Å²) in [5, 5.41) is 0. The Morgan fingerprint density at radius 1 is 0.750 bits per heavy atom. The van der Waals surface area contributed by atoms with Gasteiger partial charge in [0.2, 0.25) is 0 Å². The fraction of sp³-hybridized carbons (Fsp3) is 0.789. The van der Waals surface area contributed by atoms with Crippen molar-refractivity contribution in [2.75, 3.05) is 0 Å². The summed E-state index contributed by atoms with van der Waals surface area (Å²) in [4.78, 5) is 0. The summed E-state index contributed by atoms with van der Waals surface area (Å²) < 4.78 is 0.